The Labute approximate surface area is 192 Å². The second-order valence-corrected chi connectivity index (χ2v) is 13.2. The first kappa shape index (κ1) is 23.8. The highest BCUT2D eigenvalue weighted by Gasteiger charge is 2.58. The van der Waals surface area contributed by atoms with Gasteiger partial charge in [-0.05, 0) is 119 Å². The minimum Gasteiger partial charge on any atom is -0.390 e. The molecule has 0 spiro atoms. The van der Waals surface area contributed by atoms with E-state index in [1.165, 1.54) is 57.8 Å². The van der Waals surface area contributed by atoms with Crippen LogP contribution in [0.15, 0.2) is 11.6 Å². The van der Waals surface area contributed by atoms with E-state index >= 15 is 0 Å². The lowest BCUT2D eigenvalue weighted by molar-refractivity contribution is -0.0665. The minimum atomic E-state index is -0.488. The first-order valence-electron chi connectivity index (χ1n) is 13.7. The molecule has 2 N–H and O–H groups in total. The summed E-state index contributed by atoms with van der Waals surface area (Å²) in [4.78, 5) is 0. The van der Waals surface area contributed by atoms with E-state index in [1.54, 1.807) is 5.57 Å². The first-order chi connectivity index (χ1) is 14.5. The molecule has 4 aliphatic rings. The van der Waals surface area contributed by atoms with Gasteiger partial charge in [-0.2, -0.15) is 0 Å². The van der Waals surface area contributed by atoms with Crippen LogP contribution in [-0.2, 0) is 0 Å². The number of aliphatic hydroxyl groups is 2. The van der Waals surface area contributed by atoms with E-state index in [-0.39, 0.29) is 0 Å². The number of fused-ring (bicyclic) bond motifs is 5. The van der Waals surface area contributed by atoms with Crippen LogP contribution >= 0.6 is 0 Å². The van der Waals surface area contributed by atoms with Gasteiger partial charge in [-0.15, -0.1) is 0 Å². The summed E-state index contributed by atoms with van der Waals surface area (Å²) in [7, 11) is 0. The zero-order chi connectivity index (χ0) is 22.5. The number of hydrogen-bond donors (Lipinski definition) is 2. The Morgan fingerprint density at radius 2 is 1.74 bits per heavy atom. The normalized spacial score (nSPS) is 46.5. The van der Waals surface area contributed by atoms with Crippen molar-refractivity contribution in [2.24, 2.45) is 34.5 Å². The molecule has 0 aromatic carbocycles. The van der Waals surface area contributed by atoms with Crippen molar-refractivity contribution in [2.45, 2.75) is 136 Å². The Kier molecular flexibility index (Phi) is 6.50. The van der Waals surface area contributed by atoms with Gasteiger partial charge in [0.2, 0.25) is 0 Å². The van der Waals surface area contributed by atoms with Crippen LogP contribution in [0.25, 0.3) is 0 Å². The molecule has 0 aliphatic heterocycles. The third-order valence-corrected chi connectivity index (χ3v) is 10.9. The summed E-state index contributed by atoms with van der Waals surface area (Å²) < 4.78 is 0. The molecule has 3 fully saturated rings. The van der Waals surface area contributed by atoms with Crippen molar-refractivity contribution < 1.29 is 10.2 Å². The van der Waals surface area contributed by atoms with Crippen molar-refractivity contribution in [2.75, 3.05) is 0 Å². The molecule has 0 unspecified atom stereocenters. The van der Waals surface area contributed by atoms with Crippen LogP contribution in [0.3, 0.4) is 0 Å². The summed E-state index contributed by atoms with van der Waals surface area (Å²) >= 11 is 0. The molecular weight excluding hydrogens is 380 g/mol. The molecule has 8 atom stereocenters. The lowest BCUT2D eigenvalue weighted by Gasteiger charge is -2.59. The van der Waals surface area contributed by atoms with E-state index < -0.39 is 11.2 Å². The zero-order valence-corrected chi connectivity index (χ0v) is 21.2. The summed E-state index contributed by atoms with van der Waals surface area (Å²) in [5, 5.41) is 21.4. The average molecular weight is 431 g/mol. The van der Waals surface area contributed by atoms with Crippen molar-refractivity contribution >= 4 is 0 Å². The fraction of sp³-hybridized carbons (Fsp3) is 0.931. The molecule has 4 rings (SSSR count). The third kappa shape index (κ3) is 4.42. The summed E-state index contributed by atoms with van der Waals surface area (Å²) in [6.45, 7) is 11.5. The molecule has 2 nitrogen and oxygen atoms in total. The quantitative estimate of drug-likeness (QED) is 0.412. The molecule has 0 bridgehead atoms. The lowest BCUT2D eigenvalue weighted by Crippen LogP contribution is -2.51. The Bertz CT molecular complexity index is 676. The molecular formula is C29H50O2. The van der Waals surface area contributed by atoms with Gasteiger partial charge in [0, 0.05) is 0 Å². The SMILES string of the molecule is CCCC[C@@](C)(O)CCC[C@H]1CC[C@H]2[C@@H]3CC=C4C[C@@](C)(O)CC[C@]4(C)[C@H]3CC[C@]12C. The molecule has 4 aliphatic carbocycles. The van der Waals surface area contributed by atoms with Gasteiger partial charge >= 0.3 is 0 Å². The van der Waals surface area contributed by atoms with Crippen LogP contribution < -0.4 is 0 Å². The summed E-state index contributed by atoms with van der Waals surface area (Å²) in [6.07, 6.45) is 19.2. The monoisotopic (exact) mass is 430 g/mol. The lowest BCUT2D eigenvalue weighted by atomic mass is 9.46. The predicted molar refractivity (Wildman–Crippen MR) is 130 cm³/mol. The van der Waals surface area contributed by atoms with Crippen LogP contribution in [-0.4, -0.2) is 21.4 Å². The number of rotatable bonds is 7. The largest absolute Gasteiger partial charge is 0.390 e. The highest BCUT2D eigenvalue weighted by molar-refractivity contribution is 5.26. The van der Waals surface area contributed by atoms with Crippen LogP contribution in [0.5, 0.6) is 0 Å². The molecule has 0 aromatic rings. The molecule has 178 valence electrons. The molecule has 0 aromatic heterocycles. The van der Waals surface area contributed by atoms with Crippen molar-refractivity contribution in [1.82, 2.24) is 0 Å². The molecule has 0 radical (unpaired) electrons. The van der Waals surface area contributed by atoms with Gasteiger partial charge in [0.1, 0.15) is 0 Å². The van der Waals surface area contributed by atoms with Gasteiger partial charge in [0.25, 0.3) is 0 Å². The van der Waals surface area contributed by atoms with Gasteiger partial charge in [-0.1, -0.05) is 51.7 Å². The Hall–Kier alpha value is -0.340. The Balaban J connectivity index is 1.41. The molecule has 2 heteroatoms. The predicted octanol–water partition coefficient (Wildman–Crippen LogP) is 7.43. The van der Waals surface area contributed by atoms with Crippen LogP contribution in [0.4, 0.5) is 0 Å². The fourth-order valence-electron chi connectivity index (χ4n) is 8.80. The standard InChI is InChI=1S/C29H50O2/c1-6-7-15-26(2,30)16-8-9-21-11-13-24-23-12-10-22-20-27(3,31)18-19-29(22,5)25(23)14-17-28(21,24)4/h10,21,23-25,30-31H,6-9,11-20H2,1-5H3/t21-,23-,24-,25-,26+,27-,28+,29-/m0/s1. The first-order valence-corrected chi connectivity index (χ1v) is 13.7. The second kappa shape index (κ2) is 8.46. The van der Waals surface area contributed by atoms with Crippen molar-refractivity contribution in [3.05, 3.63) is 11.6 Å². The van der Waals surface area contributed by atoms with Gasteiger partial charge in [0.05, 0.1) is 11.2 Å². The average Bonchev–Trinajstić information content (AvgIpc) is 3.03. The third-order valence-electron chi connectivity index (χ3n) is 10.9. The van der Waals surface area contributed by atoms with E-state index in [1.807, 2.05) is 6.92 Å². The maximum atomic E-state index is 10.7. The zero-order valence-electron chi connectivity index (χ0n) is 21.2. The van der Waals surface area contributed by atoms with Gasteiger partial charge in [0.15, 0.2) is 0 Å². The number of hydrogen-bond acceptors (Lipinski definition) is 2. The van der Waals surface area contributed by atoms with Gasteiger partial charge < -0.3 is 10.2 Å². The number of allylic oxidation sites excluding steroid dienone is 1. The summed E-state index contributed by atoms with van der Waals surface area (Å²) in [5.41, 5.74) is 1.48. The molecule has 3 saturated carbocycles. The van der Waals surface area contributed by atoms with Gasteiger partial charge in [-0.3, -0.25) is 0 Å². The maximum Gasteiger partial charge on any atom is 0.0657 e. The topological polar surface area (TPSA) is 40.5 Å². The molecule has 0 amide bonds. The van der Waals surface area contributed by atoms with E-state index in [9.17, 15) is 10.2 Å². The van der Waals surface area contributed by atoms with Gasteiger partial charge in [-0.25, -0.2) is 0 Å². The van der Waals surface area contributed by atoms with Crippen LogP contribution in [0.2, 0.25) is 0 Å². The van der Waals surface area contributed by atoms with E-state index in [0.29, 0.717) is 10.8 Å². The highest BCUT2D eigenvalue weighted by Crippen LogP contribution is 2.67. The highest BCUT2D eigenvalue weighted by atomic mass is 16.3. The van der Waals surface area contributed by atoms with E-state index in [2.05, 4.69) is 33.8 Å². The fourth-order valence-corrected chi connectivity index (χ4v) is 8.80. The summed E-state index contributed by atoms with van der Waals surface area (Å²) in [5.74, 6) is 3.42. The van der Waals surface area contributed by atoms with Crippen molar-refractivity contribution in [3.63, 3.8) is 0 Å². The van der Waals surface area contributed by atoms with Crippen LogP contribution in [0.1, 0.15) is 125 Å². The molecule has 0 heterocycles. The molecule has 31 heavy (non-hydrogen) atoms. The minimum absolute atomic E-state index is 0.336. The van der Waals surface area contributed by atoms with E-state index in [0.717, 1.165) is 55.8 Å². The molecule has 0 saturated heterocycles. The van der Waals surface area contributed by atoms with Crippen LogP contribution in [0, 0.1) is 34.5 Å². The summed E-state index contributed by atoms with van der Waals surface area (Å²) in [6, 6.07) is 0. The van der Waals surface area contributed by atoms with E-state index in [4.69, 9.17) is 0 Å². The maximum absolute atomic E-state index is 10.7. The van der Waals surface area contributed by atoms with Crippen molar-refractivity contribution in [1.29, 1.82) is 0 Å². The Morgan fingerprint density at radius 3 is 2.48 bits per heavy atom. The van der Waals surface area contributed by atoms with Crippen molar-refractivity contribution in [3.8, 4) is 0 Å². The smallest absolute Gasteiger partial charge is 0.0657 e. The number of unbranched alkanes of at least 4 members (excludes halogenated alkanes) is 1. The Morgan fingerprint density at radius 1 is 1.00 bits per heavy atom. The second-order valence-electron chi connectivity index (χ2n) is 13.2.